The zero-order valence-corrected chi connectivity index (χ0v) is 14.1. The third-order valence-corrected chi connectivity index (χ3v) is 4.16. The summed E-state index contributed by atoms with van der Waals surface area (Å²) >= 11 is 5.82. The molecule has 1 amide bonds. The van der Waals surface area contributed by atoms with Gasteiger partial charge < -0.3 is 15.0 Å². The fourth-order valence-corrected chi connectivity index (χ4v) is 2.85. The summed E-state index contributed by atoms with van der Waals surface area (Å²) in [5, 5.41) is 3.49. The van der Waals surface area contributed by atoms with Crippen molar-refractivity contribution in [3.8, 4) is 0 Å². The average molecular weight is 339 g/mol. The standard InChI is InChI=1S/C17H23ClN2O3/c1-2-23-17(22)13-4-3-10-20(12-13)11-9-16(21)19-15-7-5-14(18)6-8-15/h5-8,13H,2-4,9-12H2,1H3,(H,19,21). The molecule has 1 aliphatic rings. The minimum atomic E-state index is -0.122. The van der Waals surface area contributed by atoms with Gasteiger partial charge in [0.25, 0.3) is 0 Å². The molecular weight excluding hydrogens is 316 g/mol. The molecule has 0 bridgehead atoms. The van der Waals surface area contributed by atoms with Crippen LogP contribution in [-0.4, -0.2) is 43.0 Å². The molecule has 6 heteroatoms. The van der Waals surface area contributed by atoms with Crippen molar-refractivity contribution in [3.63, 3.8) is 0 Å². The van der Waals surface area contributed by atoms with Gasteiger partial charge in [0, 0.05) is 30.2 Å². The van der Waals surface area contributed by atoms with Crippen molar-refractivity contribution >= 4 is 29.2 Å². The van der Waals surface area contributed by atoms with E-state index in [-0.39, 0.29) is 17.8 Å². The van der Waals surface area contributed by atoms with Crippen molar-refractivity contribution in [2.75, 3.05) is 31.6 Å². The van der Waals surface area contributed by atoms with E-state index in [0.29, 0.717) is 31.1 Å². The summed E-state index contributed by atoms with van der Waals surface area (Å²) in [5.74, 6) is -0.226. The van der Waals surface area contributed by atoms with E-state index in [1.165, 1.54) is 0 Å². The van der Waals surface area contributed by atoms with Crippen LogP contribution in [0.2, 0.25) is 5.02 Å². The first-order chi connectivity index (χ1) is 11.1. The van der Waals surface area contributed by atoms with Crippen LogP contribution in [0.3, 0.4) is 0 Å². The molecule has 1 heterocycles. The van der Waals surface area contributed by atoms with Crippen LogP contribution in [0.4, 0.5) is 5.69 Å². The molecular formula is C17H23ClN2O3. The van der Waals surface area contributed by atoms with E-state index < -0.39 is 0 Å². The molecule has 0 aromatic heterocycles. The second-order valence-corrected chi connectivity index (χ2v) is 6.13. The fraction of sp³-hybridized carbons (Fsp3) is 0.529. The largest absolute Gasteiger partial charge is 0.466 e. The second-order valence-electron chi connectivity index (χ2n) is 5.70. The number of carbonyl (C=O) groups is 2. The molecule has 1 aliphatic heterocycles. The van der Waals surface area contributed by atoms with Crippen LogP contribution < -0.4 is 5.32 Å². The average Bonchev–Trinajstić information content (AvgIpc) is 2.56. The molecule has 0 aliphatic carbocycles. The number of hydrogen-bond donors (Lipinski definition) is 1. The topological polar surface area (TPSA) is 58.6 Å². The number of anilines is 1. The Morgan fingerprint density at radius 3 is 2.78 bits per heavy atom. The summed E-state index contributed by atoms with van der Waals surface area (Å²) in [5.41, 5.74) is 0.738. The van der Waals surface area contributed by atoms with Crippen molar-refractivity contribution in [1.29, 1.82) is 0 Å². The predicted molar refractivity (Wildman–Crippen MR) is 90.5 cm³/mol. The highest BCUT2D eigenvalue weighted by Gasteiger charge is 2.26. The van der Waals surface area contributed by atoms with Gasteiger partial charge in [-0.15, -0.1) is 0 Å². The molecule has 1 atom stereocenters. The van der Waals surface area contributed by atoms with E-state index in [1.54, 1.807) is 24.3 Å². The minimum absolute atomic E-state index is 0.0365. The monoisotopic (exact) mass is 338 g/mol. The van der Waals surface area contributed by atoms with Crippen molar-refractivity contribution < 1.29 is 14.3 Å². The van der Waals surface area contributed by atoms with Gasteiger partial charge in [0.2, 0.25) is 5.91 Å². The van der Waals surface area contributed by atoms with E-state index in [1.807, 2.05) is 6.92 Å². The molecule has 1 unspecified atom stereocenters. The van der Waals surface area contributed by atoms with Crippen LogP contribution in [0.1, 0.15) is 26.2 Å². The molecule has 0 saturated carbocycles. The highest BCUT2D eigenvalue weighted by Crippen LogP contribution is 2.18. The maximum Gasteiger partial charge on any atom is 0.310 e. The number of esters is 1. The number of rotatable bonds is 6. The third kappa shape index (κ3) is 5.84. The molecule has 5 nitrogen and oxygen atoms in total. The van der Waals surface area contributed by atoms with E-state index in [9.17, 15) is 9.59 Å². The molecule has 1 N–H and O–H groups in total. The highest BCUT2D eigenvalue weighted by atomic mass is 35.5. The van der Waals surface area contributed by atoms with Crippen molar-refractivity contribution in [2.45, 2.75) is 26.2 Å². The minimum Gasteiger partial charge on any atom is -0.466 e. The van der Waals surface area contributed by atoms with Gasteiger partial charge >= 0.3 is 5.97 Å². The zero-order chi connectivity index (χ0) is 16.7. The van der Waals surface area contributed by atoms with Gasteiger partial charge in [-0.25, -0.2) is 0 Å². The van der Waals surface area contributed by atoms with Gasteiger partial charge in [-0.1, -0.05) is 11.6 Å². The molecule has 1 fully saturated rings. The molecule has 126 valence electrons. The molecule has 23 heavy (non-hydrogen) atoms. The van der Waals surface area contributed by atoms with Crippen LogP contribution in [-0.2, 0) is 14.3 Å². The number of benzene rings is 1. The molecule has 2 rings (SSSR count). The summed E-state index contributed by atoms with van der Waals surface area (Å²) in [6.45, 7) is 4.48. The Morgan fingerprint density at radius 1 is 1.35 bits per heavy atom. The predicted octanol–water partition coefficient (Wildman–Crippen LogP) is 2.94. The van der Waals surface area contributed by atoms with Crippen LogP contribution >= 0.6 is 11.6 Å². The number of hydrogen-bond acceptors (Lipinski definition) is 4. The summed E-state index contributed by atoms with van der Waals surface area (Å²) < 4.78 is 5.09. The van der Waals surface area contributed by atoms with Crippen LogP contribution in [0.15, 0.2) is 24.3 Å². The van der Waals surface area contributed by atoms with E-state index >= 15 is 0 Å². The van der Waals surface area contributed by atoms with Crippen molar-refractivity contribution in [1.82, 2.24) is 4.90 Å². The Balaban J connectivity index is 1.75. The molecule has 1 aromatic carbocycles. The SMILES string of the molecule is CCOC(=O)C1CCCN(CCC(=O)Nc2ccc(Cl)cc2)C1. The fourth-order valence-electron chi connectivity index (χ4n) is 2.73. The first kappa shape index (κ1) is 17.8. The number of nitrogens with one attached hydrogen (secondary N) is 1. The normalized spacial score (nSPS) is 18.4. The van der Waals surface area contributed by atoms with Gasteiger partial charge in [-0.3, -0.25) is 9.59 Å². The lowest BCUT2D eigenvalue weighted by atomic mass is 9.98. The number of halogens is 1. The maximum absolute atomic E-state index is 12.0. The van der Waals surface area contributed by atoms with E-state index in [0.717, 1.165) is 25.1 Å². The summed E-state index contributed by atoms with van der Waals surface area (Å²) in [6.07, 6.45) is 2.23. The molecule has 0 spiro atoms. The summed E-state index contributed by atoms with van der Waals surface area (Å²) in [6, 6.07) is 7.04. The van der Waals surface area contributed by atoms with Gasteiger partial charge in [-0.05, 0) is 50.6 Å². The third-order valence-electron chi connectivity index (χ3n) is 3.91. The summed E-state index contributed by atoms with van der Waals surface area (Å²) in [4.78, 5) is 26.0. The van der Waals surface area contributed by atoms with Gasteiger partial charge in [0.15, 0.2) is 0 Å². The number of amides is 1. The van der Waals surface area contributed by atoms with Crippen LogP contribution in [0.5, 0.6) is 0 Å². The molecule has 1 saturated heterocycles. The van der Waals surface area contributed by atoms with Gasteiger partial charge in [0.05, 0.1) is 12.5 Å². The Labute approximate surface area is 141 Å². The highest BCUT2D eigenvalue weighted by molar-refractivity contribution is 6.30. The number of nitrogens with zero attached hydrogens (tertiary/aromatic N) is 1. The number of likely N-dealkylation sites (tertiary alicyclic amines) is 1. The lowest BCUT2D eigenvalue weighted by Gasteiger charge is -2.31. The zero-order valence-electron chi connectivity index (χ0n) is 13.4. The second kappa shape index (κ2) is 8.89. The molecule has 1 aromatic rings. The maximum atomic E-state index is 12.0. The smallest absolute Gasteiger partial charge is 0.310 e. The Kier molecular flexibility index (Phi) is 6.86. The Morgan fingerprint density at radius 2 is 2.09 bits per heavy atom. The van der Waals surface area contributed by atoms with E-state index in [4.69, 9.17) is 16.3 Å². The first-order valence-electron chi connectivity index (χ1n) is 8.03. The number of carbonyl (C=O) groups excluding carboxylic acids is 2. The number of ether oxygens (including phenoxy) is 1. The lowest BCUT2D eigenvalue weighted by Crippen LogP contribution is -2.40. The quantitative estimate of drug-likeness (QED) is 0.810. The Hall–Kier alpha value is -1.59. The first-order valence-corrected chi connectivity index (χ1v) is 8.40. The van der Waals surface area contributed by atoms with Crippen molar-refractivity contribution in [3.05, 3.63) is 29.3 Å². The van der Waals surface area contributed by atoms with Crippen LogP contribution in [0.25, 0.3) is 0 Å². The van der Waals surface area contributed by atoms with Gasteiger partial charge in [0.1, 0.15) is 0 Å². The van der Waals surface area contributed by atoms with Gasteiger partial charge in [-0.2, -0.15) is 0 Å². The van der Waals surface area contributed by atoms with E-state index in [2.05, 4.69) is 10.2 Å². The molecule has 0 radical (unpaired) electrons. The van der Waals surface area contributed by atoms with Crippen molar-refractivity contribution in [2.24, 2.45) is 5.92 Å². The number of piperidine rings is 1. The lowest BCUT2D eigenvalue weighted by molar-refractivity contribution is -0.149. The Bertz CT molecular complexity index is 533. The van der Waals surface area contributed by atoms with Crippen LogP contribution in [0, 0.1) is 5.92 Å². The summed E-state index contributed by atoms with van der Waals surface area (Å²) in [7, 11) is 0.